The number of hydrogen-bond donors (Lipinski definition) is 0. The first-order valence-corrected chi connectivity index (χ1v) is 9.87. The van der Waals surface area contributed by atoms with Gasteiger partial charge in [-0.25, -0.2) is 4.68 Å². The van der Waals surface area contributed by atoms with Crippen molar-refractivity contribution in [2.75, 3.05) is 13.2 Å². The van der Waals surface area contributed by atoms with Crippen LogP contribution in [0, 0.1) is 13.8 Å². The lowest BCUT2D eigenvalue weighted by Crippen LogP contribution is -2.49. The number of rotatable bonds is 3. The first-order valence-electron chi connectivity index (χ1n) is 9.87. The van der Waals surface area contributed by atoms with Gasteiger partial charge in [-0.3, -0.25) is 9.69 Å². The normalized spacial score (nSPS) is 20.6. The van der Waals surface area contributed by atoms with Gasteiger partial charge in [-0.1, -0.05) is 35.9 Å². The summed E-state index contributed by atoms with van der Waals surface area (Å²) in [6.07, 6.45) is 0.158. The molecule has 0 aliphatic carbocycles. The van der Waals surface area contributed by atoms with E-state index in [4.69, 9.17) is 9.84 Å². The Morgan fingerprint density at radius 2 is 1.86 bits per heavy atom. The van der Waals surface area contributed by atoms with Crippen LogP contribution < -0.4 is 5.56 Å². The number of aromatic nitrogens is 2. The zero-order chi connectivity index (χ0) is 19.8. The molecule has 4 rings (SSSR count). The molecule has 0 unspecified atom stereocenters. The van der Waals surface area contributed by atoms with Crippen LogP contribution in [0.5, 0.6) is 0 Å². The Kier molecular flexibility index (Phi) is 5.04. The zero-order valence-corrected chi connectivity index (χ0v) is 17.0. The van der Waals surface area contributed by atoms with Crippen molar-refractivity contribution < 1.29 is 4.74 Å². The van der Waals surface area contributed by atoms with Crippen molar-refractivity contribution in [1.82, 2.24) is 14.7 Å². The van der Waals surface area contributed by atoms with Crippen LogP contribution >= 0.6 is 0 Å². The Balaban J connectivity index is 1.87. The maximum atomic E-state index is 13.2. The number of hydrogen-bond acceptors (Lipinski definition) is 4. The summed E-state index contributed by atoms with van der Waals surface area (Å²) >= 11 is 0. The molecule has 2 atom stereocenters. The van der Waals surface area contributed by atoms with Gasteiger partial charge in [0, 0.05) is 23.5 Å². The van der Waals surface area contributed by atoms with E-state index in [0.717, 1.165) is 28.8 Å². The molecule has 2 aromatic carbocycles. The lowest BCUT2D eigenvalue weighted by molar-refractivity contribution is -0.0627. The van der Waals surface area contributed by atoms with Crippen LogP contribution in [0.4, 0.5) is 0 Å². The average molecular weight is 377 g/mol. The maximum Gasteiger partial charge on any atom is 0.275 e. The number of aryl methyl sites for hydroxylation is 2. The Morgan fingerprint density at radius 1 is 1.11 bits per heavy atom. The van der Waals surface area contributed by atoms with Crippen molar-refractivity contribution in [3.05, 3.63) is 63.9 Å². The molecule has 1 aromatic heterocycles. The predicted octanol–water partition coefficient (Wildman–Crippen LogP) is 3.75. The fourth-order valence-corrected chi connectivity index (χ4v) is 3.86. The van der Waals surface area contributed by atoms with E-state index in [1.807, 2.05) is 24.3 Å². The van der Waals surface area contributed by atoms with Crippen molar-refractivity contribution in [3.63, 3.8) is 0 Å². The third kappa shape index (κ3) is 3.48. The Bertz CT molecular complexity index is 1070. The van der Waals surface area contributed by atoms with Crippen LogP contribution in [0.2, 0.25) is 0 Å². The predicted molar refractivity (Wildman–Crippen MR) is 112 cm³/mol. The fraction of sp³-hybridized carbons (Fsp3) is 0.391. The molecule has 1 saturated heterocycles. The van der Waals surface area contributed by atoms with Crippen LogP contribution in [0.15, 0.2) is 47.3 Å². The lowest BCUT2D eigenvalue weighted by Gasteiger charge is -2.36. The number of morpholine rings is 1. The second kappa shape index (κ2) is 7.49. The molecule has 28 heavy (non-hydrogen) atoms. The molecule has 5 heteroatoms. The molecular weight excluding hydrogens is 350 g/mol. The van der Waals surface area contributed by atoms with Crippen molar-refractivity contribution >= 4 is 10.8 Å². The van der Waals surface area contributed by atoms with E-state index in [1.54, 1.807) is 4.68 Å². The molecule has 5 nitrogen and oxygen atoms in total. The molecule has 1 aliphatic rings. The molecule has 0 bridgehead atoms. The van der Waals surface area contributed by atoms with E-state index >= 15 is 0 Å². The standard InChI is InChI=1S/C23H27N3O2/c1-15-9-10-16(2)21(11-15)22-19-7-5-6-8-20(19)23(27)26(24-22)14-25-12-18(4)28-13-17(25)3/h5-11,17-18H,12-14H2,1-4H3/t17-,18+/m0/s1. The molecule has 1 aliphatic heterocycles. The molecule has 3 aromatic rings. The summed E-state index contributed by atoms with van der Waals surface area (Å²) in [7, 11) is 0. The molecule has 2 heterocycles. The van der Waals surface area contributed by atoms with E-state index in [1.165, 1.54) is 5.56 Å². The summed E-state index contributed by atoms with van der Waals surface area (Å²) in [5, 5.41) is 6.46. The van der Waals surface area contributed by atoms with Crippen LogP contribution in [-0.2, 0) is 11.4 Å². The summed E-state index contributed by atoms with van der Waals surface area (Å²) in [6.45, 7) is 10.3. The van der Waals surface area contributed by atoms with E-state index in [0.29, 0.717) is 18.7 Å². The van der Waals surface area contributed by atoms with Gasteiger partial charge in [0.1, 0.15) is 0 Å². The van der Waals surface area contributed by atoms with Crippen molar-refractivity contribution in [2.45, 2.75) is 46.5 Å². The second-order valence-electron chi connectivity index (χ2n) is 7.92. The minimum Gasteiger partial charge on any atom is -0.376 e. The van der Waals surface area contributed by atoms with Gasteiger partial charge in [0.2, 0.25) is 0 Å². The van der Waals surface area contributed by atoms with Crippen LogP contribution in [0.3, 0.4) is 0 Å². The van der Waals surface area contributed by atoms with Crippen LogP contribution in [-0.4, -0.2) is 40.0 Å². The maximum absolute atomic E-state index is 13.2. The smallest absolute Gasteiger partial charge is 0.275 e. The van der Waals surface area contributed by atoms with Gasteiger partial charge in [-0.15, -0.1) is 0 Å². The summed E-state index contributed by atoms with van der Waals surface area (Å²) in [5.74, 6) is 0. The van der Waals surface area contributed by atoms with Gasteiger partial charge in [-0.2, -0.15) is 5.10 Å². The number of nitrogens with zero attached hydrogens (tertiary/aromatic N) is 3. The van der Waals surface area contributed by atoms with Crippen molar-refractivity contribution in [2.24, 2.45) is 0 Å². The minimum absolute atomic E-state index is 0.0454. The number of fused-ring (bicyclic) bond motifs is 1. The fourth-order valence-electron chi connectivity index (χ4n) is 3.86. The summed E-state index contributed by atoms with van der Waals surface area (Å²) in [6, 6.07) is 14.4. The highest BCUT2D eigenvalue weighted by molar-refractivity contribution is 5.94. The number of ether oxygens (including phenoxy) is 1. The molecular formula is C23H27N3O2. The van der Waals surface area contributed by atoms with Crippen LogP contribution in [0.1, 0.15) is 25.0 Å². The van der Waals surface area contributed by atoms with Crippen LogP contribution in [0.25, 0.3) is 22.0 Å². The Labute approximate surface area is 165 Å². The molecule has 0 N–H and O–H groups in total. The molecule has 1 fully saturated rings. The topological polar surface area (TPSA) is 47.4 Å². The van der Waals surface area contributed by atoms with Gasteiger partial charge in [0.05, 0.1) is 30.5 Å². The first kappa shape index (κ1) is 18.8. The van der Waals surface area contributed by atoms with Gasteiger partial charge >= 0.3 is 0 Å². The summed E-state index contributed by atoms with van der Waals surface area (Å²) in [5.41, 5.74) is 4.23. The van der Waals surface area contributed by atoms with E-state index in [9.17, 15) is 4.79 Å². The molecule has 146 valence electrons. The quantitative estimate of drug-likeness (QED) is 0.697. The summed E-state index contributed by atoms with van der Waals surface area (Å²) in [4.78, 5) is 15.4. The third-order valence-corrected chi connectivity index (χ3v) is 5.57. The van der Waals surface area contributed by atoms with Gasteiger partial charge in [-0.05, 0) is 45.4 Å². The van der Waals surface area contributed by atoms with Gasteiger partial charge in [0.25, 0.3) is 5.56 Å². The van der Waals surface area contributed by atoms with Crippen molar-refractivity contribution in [3.8, 4) is 11.3 Å². The van der Waals surface area contributed by atoms with Crippen molar-refractivity contribution in [1.29, 1.82) is 0 Å². The third-order valence-electron chi connectivity index (χ3n) is 5.57. The molecule has 0 amide bonds. The minimum atomic E-state index is -0.0454. The van der Waals surface area contributed by atoms with E-state index in [-0.39, 0.29) is 17.7 Å². The lowest BCUT2D eigenvalue weighted by atomic mass is 9.99. The van der Waals surface area contributed by atoms with Gasteiger partial charge < -0.3 is 4.74 Å². The molecule has 0 spiro atoms. The van der Waals surface area contributed by atoms with E-state index < -0.39 is 0 Å². The molecule has 0 saturated carbocycles. The average Bonchev–Trinajstić information content (AvgIpc) is 2.69. The first-order chi connectivity index (χ1) is 13.4. The zero-order valence-electron chi connectivity index (χ0n) is 17.0. The monoisotopic (exact) mass is 377 g/mol. The largest absolute Gasteiger partial charge is 0.376 e. The Morgan fingerprint density at radius 3 is 2.64 bits per heavy atom. The second-order valence-corrected chi connectivity index (χ2v) is 7.92. The SMILES string of the molecule is Cc1ccc(C)c(-c2nn(CN3C[C@@H](C)OC[C@@H]3C)c(=O)c3ccccc23)c1. The Hall–Kier alpha value is -2.50. The van der Waals surface area contributed by atoms with Gasteiger partial charge in [0.15, 0.2) is 0 Å². The molecule has 0 radical (unpaired) electrons. The van der Waals surface area contributed by atoms with E-state index in [2.05, 4.69) is 50.8 Å². The highest BCUT2D eigenvalue weighted by atomic mass is 16.5. The summed E-state index contributed by atoms with van der Waals surface area (Å²) < 4.78 is 7.35. The number of benzene rings is 2. The highest BCUT2D eigenvalue weighted by Crippen LogP contribution is 2.28. The highest BCUT2D eigenvalue weighted by Gasteiger charge is 2.25.